The van der Waals surface area contributed by atoms with Crippen LogP contribution in [0.3, 0.4) is 0 Å². The monoisotopic (exact) mass is 385 g/mol. The molecule has 8 heteroatoms. The van der Waals surface area contributed by atoms with E-state index < -0.39 is 11.6 Å². The molecule has 144 valence electrons. The van der Waals surface area contributed by atoms with Crippen LogP contribution in [-0.4, -0.2) is 20.3 Å². The minimum Gasteiger partial charge on any atom is -0.487 e. The van der Waals surface area contributed by atoms with Crippen LogP contribution in [0, 0.1) is 25.5 Å². The van der Waals surface area contributed by atoms with Crippen molar-refractivity contribution in [3.63, 3.8) is 0 Å². The van der Waals surface area contributed by atoms with Gasteiger partial charge >= 0.3 is 0 Å². The van der Waals surface area contributed by atoms with E-state index in [-0.39, 0.29) is 35.1 Å². The molecule has 3 heterocycles. The summed E-state index contributed by atoms with van der Waals surface area (Å²) in [5, 5.41) is 0. The fraction of sp³-hybridized carbons (Fsp3) is 0.200. The molecule has 3 aromatic heterocycles. The van der Waals surface area contributed by atoms with Crippen molar-refractivity contribution in [2.24, 2.45) is 0 Å². The third-order valence-corrected chi connectivity index (χ3v) is 4.13. The van der Waals surface area contributed by atoms with Crippen molar-refractivity contribution in [1.82, 2.24) is 14.5 Å². The van der Waals surface area contributed by atoms with Crippen LogP contribution in [0.25, 0.3) is 5.69 Å². The summed E-state index contributed by atoms with van der Waals surface area (Å²) < 4.78 is 33.5. The van der Waals surface area contributed by atoms with Gasteiger partial charge in [0.05, 0.1) is 11.9 Å². The first-order valence-electron chi connectivity index (χ1n) is 8.40. The number of pyridine rings is 3. The van der Waals surface area contributed by atoms with E-state index in [1.807, 2.05) is 0 Å². The van der Waals surface area contributed by atoms with E-state index in [0.29, 0.717) is 17.4 Å². The molecule has 0 bridgehead atoms. The lowest BCUT2D eigenvalue weighted by Gasteiger charge is -2.15. The van der Waals surface area contributed by atoms with Gasteiger partial charge < -0.3 is 4.74 Å². The number of Topliss-reactive ketones (excluding diaryl/α,β-unsaturated/α-hetero) is 1. The Morgan fingerprint density at radius 2 is 1.86 bits per heavy atom. The summed E-state index contributed by atoms with van der Waals surface area (Å²) in [6, 6.07) is 5.13. The topological polar surface area (TPSA) is 74.1 Å². The minimum atomic E-state index is -0.825. The van der Waals surface area contributed by atoms with E-state index >= 15 is 0 Å². The van der Waals surface area contributed by atoms with Crippen molar-refractivity contribution in [1.29, 1.82) is 0 Å². The van der Waals surface area contributed by atoms with Gasteiger partial charge in [0.25, 0.3) is 5.56 Å². The van der Waals surface area contributed by atoms with Gasteiger partial charge in [-0.1, -0.05) is 0 Å². The van der Waals surface area contributed by atoms with E-state index in [1.165, 1.54) is 23.8 Å². The number of carbonyl (C=O) groups is 1. The Morgan fingerprint density at radius 1 is 1.11 bits per heavy atom. The fourth-order valence-electron chi connectivity index (χ4n) is 2.71. The first-order chi connectivity index (χ1) is 13.3. The molecule has 3 rings (SSSR count). The van der Waals surface area contributed by atoms with E-state index in [9.17, 15) is 18.4 Å². The van der Waals surface area contributed by atoms with Crippen molar-refractivity contribution in [2.45, 2.75) is 27.4 Å². The highest BCUT2D eigenvalue weighted by atomic mass is 19.1. The van der Waals surface area contributed by atoms with Crippen LogP contribution in [0.1, 0.15) is 34.4 Å². The van der Waals surface area contributed by atoms with Gasteiger partial charge in [0.2, 0.25) is 0 Å². The van der Waals surface area contributed by atoms with Crippen molar-refractivity contribution >= 4 is 5.78 Å². The van der Waals surface area contributed by atoms with Gasteiger partial charge in [0.15, 0.2) is 11.6 Å². The molecular formula is C20H17F2N3O3. The molecule has 3 aromatic rings. The average Bonchev–Trinajstić information content (AvgIpc) is 2.61. The third kappa shape index (κ3) is 3.95. The molecule has 0 aliphatic rings. The number of hydrogen-bond acceptors (Lipinski definition) is 5. The smallest absolute Gasteiger partial charge is 0.259 e. The zero-order valence-electron chi connectivity index (χ0n) is 15.5. The van der Waals surface area contributed by atoms with Crippen LogP contribution in [-0.2, 0) is 6.61 Å². The second kappa shape index (κ2) is 7.67. The molecule has 0 atom stereocenters. The number of nitrogens with zero attached hydrogens (tertiary/aromatic N) is 3. The Morgan fingerprint density at radius 3 is 2.50 bits per heavy atom. The Balaban J connectivity index is 1.92. The number of aromatic nitrogens is 3. The highest BCUT2D eigenvalue weighted by molar-refractivity contribution is 5.92. The number of halogens is 2. The molecule has 0 N–H and O–H groups in total. The number of ketones is 1. The number of aryl methyl sites for hydroxylation is 2. The minimum absolute atomic E-state index is 0.0701. The van der Waals surface area contributed by atoms with Gasteiger partial charge in [-0.25, -0.2) is 8.78 Å². The van der Waals surface area contributed by atoms with Crippen molar-refractivity contribution < 1.29 is 18.3 Å². The standard InChI is InChI=1S/C20H17F2N3O3/c1-11-8-23-17(13(3)26)7-19(11)25-12(2)4-15(6-20(25)27)28-10-18-16(22)5-14(21)9-24-18/h4-9H,10H2,1-3H3. The highest BCUT2D eigenvalue weighted by Crippen LogP contribution is 2.19. The molecule has 0 saturated heterocycles. The Labute approximate surface area is 159 Å². The molecule has 0 radical (unpaired) electrons. The second-order valence-electron chi connectivity index (χ2n) is 6.29. The van der Waals surface area contributed by atoms with Gasteiger partial charge in [-0.3, -0.25) is 24.1 Å². The van der Waals surface area contributed by atoms with Crippen LogP contribution in [0.4, 0.5) is 8.78 Å². The molecular weight excluding hydrogens is 368 g/mol. The van der Waals surface area contributed by atoms with Crippen LogP contribution < -0.4 is 10.3 Å². The number of carbonyl (C=O) groups excluding carboxylic acids is 1. The Hall–Kier alpha value is -3.42. The molecule has 0 aliphatic heterocycles. The first kappa shape index (κ1) is 19.3. The van der Waals surface area contributed by atoms with Crippen LogP contribution in [0.15, 0.2) is 41.5 Å². The largest absolute Gasteiger partial charge is 0.487 e. The predicted molar refractivity (Wildman–Crippen MR) is 97.8 cm³/mol. The maximum Gasteiger partial charge on any atom is 0.259 e. The molecule has 0 unspecified atom stereocenters. The SMILES string of the molecule is CC(=O)c1cc(-n2c(C)cc(OCc3ncc(F)cc3F)cc2=O)c(C)cn1. The predicted octanol–water partition coefficient (Wildman–Crippen LogP) is 3.30. The summed E-state index contributed by atoms with van der Waals surface area (Å²) in [6.07, 6.45) is 2.43. The molecule has 0 amide bonds. The molecule has 0 aliphatic carbocycles. The summed E-state index contributed by atoms with van der Waals surface area (Å²) in [7, 11) is 0. The molecule has 0 spiro atoms. The molecule has 6 nitrogen and oxygen atoms in total. The van der Waals surface area contributed by atoms with Gasteiger partial charge in [-0.05, 0) is 25.5 Å². The lowest BCUT2D eigenvalue weighted by molar-refractivity contribution is 0.101. The van der Waals surface area contributed by atoms with Crippen molar-refractivity contribution in [3.8, 4) is 11.4 Å². The molecule has 0 aromatic carbocycles. The molecule has 28 heavy (non-hydrogen) atoms. The Kier molecular flexibility index (Phi) is 5.30. The maximum atomic E-state index is 13.7. The summed E-state index contributed by atoms with van der Waals surface area (Å²) in [5.74, 6) is -1.59. The lowest BCUT2D eigenvalue weighted by atomic mass is 10.1. The average molecular weight is 385 g/mol. The van der Waals surface area contributed by atoms with Crippen LogP contribution in [0.2, 0.25) is 0 Å². The van der Waals surface area contributed by atoms with E-state index in [2.05, 4.69) is 9.97 Å². The quantitative estimate of drug-likeness (QED) is 0.630. The van der Waals surface area contributed by atoms with Gasteiger partial charge in [0, 0.05) is 37.0 Å². The van der Waals surface area contributed by atoms with Crippen LogP contribution in [0.5, 0.6) is 5.75 Å². The lowest BCUT2D eigenvalue weighted by Crippen LogP contribution is -2.21. The van der Waals surface area contributed by atoms with E-state index in [4.69, 9.17) is 4.74 Å². The van der Waals surface area contributed by atoms with E-state index in [1.54, 1.807) is 26.0 Å². The first-order valence-corrected chi connectivity index (χ1v) is 8.40. The summed E-state index contributed by atoms with van der Waals surface area (Å²) >= 11 is 0. The van der Waals surface area contributed by atoms with Gasteiger partial charge in [-0.15, -0.1) is 0 Å². The Bertz CT molecular complexity index is 1130. The summed E-state index contributed by atoms with van der Waals surface area (Å²) in [5.41, 5.74) is 1.62. The van der Waals surface area contributed by atoms with Crippen molar-refractivity contribution in [3.05, 3.63) is 81.3 Å². The van der Waals surface area contributed by atoms with Crippen molar-refractivity contribution in [2.75, 3.05) is 0 Å². The fourth-order valence-corrected chi connectivity index (χ4v) is 2.71. The summed E-state index contributed by atoms with van der Waals surface area (Å²) in [4.78, 5) is 32.0. The maximum absolute atomic E-state index is 13.7. The normalized spacial score (nSPS) is 10.8. The van der Waals surface area contributed by atoms with E-state index in [0.717, 1.165) is 11.8 Å². The number of ether oxygens (including phenoxy) is 1. The van der Waals surface area contributed by atoms with Gasteiger partial charge in [-0.2, -0.15) is 0 Å². The highest BCUT2D eigenvalue weighted by Gasteiger charge is 2.13. The van der Waals surface area contributed by atoms with Gasteiger partial charge in [0.1, 0.15) is 29.6 Å². The van der Waals surface area contributed by atoms with Crippen LogP contribution >= 0.6 is 0 Å². The third-order valence-electron chi connectivity index (χ3n) is 4.13. The summed E-state index contributed by atoms with van der Waals surface area (Å²) in [6.45, 7) is 4.64. The number of rotatable bonds is 5. The second-order valence-corrected chi connectivity index (χ2v) is 6.29. The zero-order chi connectivity index (χ0) is 20.4. The zero-order valence-corrected chi connectivity index (χ0v) is 15.5. The number of hydrogen-bond donors (Lipinski definition) is 0. The molecule has 0 fully saturated rings. The molecule has 0 saturated carbocycles.